The van der Waals surface area contributed by atoms with Gasteiger partial charge in [-0.05, 0) is 32.8 Å². The molecule has 4 nitrogen and oxygen atoms in total. The summed E-state index contributed by atoms with van der Waals surface area (Å²) < 4.78 is 11.9. The van der Waals surface area contributed by atoms with Crippen LogP contribution < -0.4 is 4.74 Å². The van der Waals surface area contributed by atoms with Crippen LogP contribution in [0.5, 0.6) is 5.75 Å². The van der Waals surface area contributed by atoms with Crippen molar-refractivity contribution in [1.29, 1.82) is 0 Å². The quantitative estimate of drug-likeness (QED) is 0.656. The number of aromatic nitrogens is 2. The van der Waals surface area contributed by atoms with Crippen LogP contribution in [-0.2, 0) is 12.5 Å². The largest absolute Gasteiger partial charge is 0.483 e. The van der Waals surface area contributed by atoms with Gasteiger partial charge in [-0.3, -0.25) is 0 Å². The molecule has 0 saturated heterocycles. The fourth-order valence-corrected chi connectivity index (χ4v) is 2.58. The second-order valence-corrected chi connectivity index (χ2v) is 5.17. The summed E-state index contributed by atoms with van der Waals surface area (Å²) >= 11 is 9.16. The maximum atomic E-state index is 5.70. The lowest BCUT2D eigenvalue weighted by Crippen LogP contribution is -1.96. The van der Waals surface area contributed by atoms with E-state index in [9.17, 15) is 0 Å². The molecule has 0 N–H and O–H groups in total. The lowest BCUT2D eigenvalue weighted by Gasteiger charge is -2.08. The normalized spacial score (nSPS) is 10.9. The number of ether oxygens (including phenoxy) is 1. The molecule has 0 amide bonds. The fraction of sp³-hybridized carbons (Fsp3) is 0.143. The number of hydrogen-bond acceptors (Lipinski definition) is 4. The summed E-state index contributed by atoms with van der Waals surface area (Å²) in [5.74, 6) is 1.73. The molecule has 0 saturated carbocycles. The van der Waals surface area contributed by atoms with E-state index >= 15 is 0 Å². The molecule has 0 spiro atoms. The van der Waals surface area contributed by atoms with Crippen molar-refractivity contribution in [3.63, 3.8) is 0 Å². The molecule has 0 atom stereocenters. The second kappa shape index (κ2) is 5.81. The van der Waals surface area contributed by atoms with Crippen molar-refractivity contribution in [1.82, 2.24) is 10.2 Å². The highest BCUT2D eigenvalue weighted by Crippen LogP contribution is 2.33. The van der Waals surface area contributed by atoms with Gasteiger partial charge in [0, 0.05) is 0 Å². The number of hydrogen-bond donors (Lipinski definition) is 0. The molecule has 0 aliphatic rings. The number of rotatable bonds is 4. The number of fused-ring (bicyclic) bond motifs is 1. The molecular formula is C14H10BrClN2O2. The monoisotopic (exact) mass is 352 g/mol. The van der Waals surface area contributed by atoms with Gasteiger partial charge in [-0.2, -0.15) is 0 Å². The molecule has 1 aromatic heterocycles. The van der Waals surface area contributed by atoms with Gasteiger partial charge in [-0.25, -0.2) is 0 Å². The van der Waals surface area contributed by atoms with Crippen LogP contribution in [0.25, 0.3) is 10.8 Å². The Morgan fingerprint density at radius 2 is 1.90 bits per heavy atom. The molecule has 0 radical (unpaired) electrons. The van der Waals surface area contributed by atoms with Gasteiger partial charge in [-0.1, -0.05) is 30.3 Å². The van der Waals surface area contributed by atoms with Crippen LogP contribution in [0.1, 0.15) is 11.8 Å². The summed E-state index contributed by atoms with van der Waals surface area (Å²) in [6.45, 7) is 0.209. The van der Waals surface area contributed by atoms with Crippen LogP contribution in [0.2, 0.25) is 0 Å². The van der Waals surface area contributed by atoms with Gasteiger partial charge >= 0.3 is 0 Å². The lowest BCUT2D eigenvalue weighted by molar-refractivity contribution is 0.259. The first kappa shape index (κ1) is 13.4. The van der Waals surface area contributed by atoms with Gasteiger partial charge in [0.25, 0.3) is 5.89 Å². The van der Waals surface area contributed by atoms with Crippen molar-refractivity contribution in [2.75, 3.05) is 0 Å². The van der Waals surface area contributed by atoms with Crippen molar-refractivity contribution in [2.24, 2.45) is 0 Å². The van der Waals surface area contributed by atoms with E-state index in [0.717, 1.165) is 21.0 Å². The minimum Gasteiger partial charge on any atom is -0.483 e. The first-order chi connectivity index (χ1) is 9.78. The summed E-state index contributed by atoms with van der Waals surface area (Å²) in [5.41, 5.74) is 0. The van der Waals surface area contributed by atoms with Gasteiger partial charge in [0.1, 0.15) is 11.6 Å². The highest BCUT2D eigenvalue weighted by atomic mass is 79.9. The minimum absolute atomic E-state index is 0.201. The van der Waals surface area contributed by atoms with Gasteiger partial charge in [0.15, 0.2) is 6.61 Å². The Morgan fingerprint density at radius 3 is 2.70 bits per heavy atom. The van der Waals surface area contributed by atoms with Crippen LogP contribution in [0.4, 0.5) is 0 Å². The molecule has 6 heteroatoms. The summed E-state index contributed by atoms with van der Waals surface area (Å²) in [6, 6.07) is 12.0. The van der Waals surface area contributed by atoms with Gasteiger partial charge in [-0.15, -0.1) is 21.8 Å². The molecule has 102 valence electrons. The predicted molar refractivity (Wildman–Crippen MR) is 79.8 cm³/mol. The van der Waals surface area contributed by atoms with E-state index in [-0.39, 0.29) is 12.5 Å². The Hall–Kier alpha value is -1.59. The van der Waals surface area contributed by atoms with Crippen molar-refractivity contribution < 1.29 is 9.15 Å². The molecule has 0 bridgehead atoms. The van der Waals surface area contributed by atoms with E-state index < -0.39 is 0 Å². The van der Waals surface area contributed by atoms with Crippen LogP contribution in [-0.4, -0.2) is 10.2 Å². The SMILES string of the molecule is ClCc1nnc(COc2ccc3ccccc3c2Br)o1. The third-order valence-electron chi connectivity index (χ3n) is 2.80. The first-order valence-electron chi connectivity index (χ1n) is 5.95. The van der Waals surface area contributed by atoms with E-state index in [4.69, 9.17) is 20.8 Å². The zero-order valence-corrected chi connectivity index (χ0v) is 12.7. The third kappa shape index (κ3) is 2.64. The number of nitrogens with zero attached hydrogens (tertiary/aromatic N) is 2. The Kier molecular flexibility index (Phi) is 3.89. The van der Waals surface area contributed by atoms with E-state index in [1.54, 1.807) is 0 Å². The molecule has 20 heavy (non-hydrogen) atoms. The van der Waals surface area contributed by atoms with Crippen LogP contribution >= 0.6 is 27.5 Å². The van der Waals surface area contributed by atoms with Gasteiger partial charge < -0.3 is 9.15 Å². The topological polar surface area (TPSA) is 48.2 Å². The maximum absolute atomic E-state index is 5.70. The molecular weight excluding hydrogens is 344 g/mol. The van der Waals surface area contributed by atoms with Crippen LogP contribution in [0.15, 0.2) is 45.3 Å². The molecule has 0 aliphatic carbocycles. The first-order valence-corrected chi connectivity index (χ1v) is 7.28. The summed E-state index contributed by atoms with van der Waals surface area (Å²) in [5, 5.41) is 9.87. The summed E-state index contributed by atoms with van der Waals surface area (Å²) in [4.78, 5) is 0. The molecule has 2 aromatic carbocycles. The maximum Gasteiger partial charge on any atom is 0.253 e. The minimum atomic E-state index is 0.201. The molecule has 1 heterocycles. The Labute approximate surface area is 128 Å². The van der Waals surface area contributed by atoms with Gasteiger partial charge in [0.2, 0.25) is 5.89 Å². The zero-order chi connectivity index (χ0) is 13.9. The molecule has 3 aromatic rings. The molecule has 0 aliphatic heterocycles. The number of benzene rings is 2. The van der Waals surface area contributed by atoms with Crippen molar-refractivity contribution in [3.05, 3.63) is 52.7 Å². The van der Waals surface area contributed by atoms with E-state index in [1.165, 1.54) is 0 Å². The molecule has 0 fully saturated rings. The predicted octanol–water partition coefficient (Wildman–Crippen LogP) is 4.30. The Bertz CT molecular complexity index is 745. The lowest BCUT2D eigenvalue weighted by atomic mass is 10.1. The number of alkyl halides is 1. The molecule has 3 rings (SSSR count). The number of halogens is 2. The van der Waals surface area contributed by atoms with E-state index in [2.05, 4.69) is 32.2 Å². The smallest absolute Gasteiger partial charge is 0.253 e. The van der Waals surface area contributed by atoms with Gasteiger partial charge in [0.05, 0.1) is 4.47 Å². The highest BCUT2D eigenvalue weighted by Gasteiger charge is 2.09. The fourth-order valence-electron chi connectivity index (χ4n) is 1.87. The Balaban J connectivity index is 1.82. The van der Waals surface area contributed by atoms with E-state index in [1.807, 2.05) is 30.3 Å². The molecule has 0 unspecified atom stereocenters. The zero-order valence-electron chi connectivity index (χ0n) is 10.3. The van der Waals surface area contributed by atoms with E-state index in [0.29, 0.717) is 11.8 Å². The van der Waals surface area contributed by atoms with Crippen molar-refractivity contribution in [3.8, 4) is 5.75 Å². The van der Waals surface area contributed by atoms with Crippen molar-refractivity contribution >= 4 is 38.3 Å². The standard InChI is InChI=1S/C14H10BrClN2O2/c15-14-10-4-2-1-3-9(10)5-6-11(14)19-8-13-18-17-12(7-16)20-13/h1-6H,7-8H2. The average Bonchev–Trinajstić information content (AvgIpc) is 2.95. The Morgan fingerprint density at radius 1 is 1.10 bits per heavy atom. The summed E-state index contributed by atoms with van der Waals surface area (Å²) in [6.07, 6.45) is 0. The highest BCUT2D eigenvalue weighted by molar-refractivity contribution is 9.10. The van der Waals surface area contributed by atoms with Crippen LogP contribution in [0.3, 0.4) is 0 Å². The second-order valence-electron chi connectivity index (χ2n) is 4.11. The van der Waals surface area contributed by atoms with Crippen molar-refractivity contribution in [2.45, 2.75) is 12.5 Å². The summed E-state index contributed by atoms with van der Waals surface area (Å²) in [7, 11) is 0. The average molecular weight is 354 g/mol. The third-order valence-corrected chi connectivity index (χ3v) is 3.85. The van der Waals surface area contributed by atoms with Crippen LogP contribution in [0, 0.1) is 0 Å².